The predicted octanol–water partition coefficient (Wildman–Crippen LogP) is 6.47. The molecular weight excluding hydrogens is 316 g/mol. The van der Waals surface area contributed by atoms with Gasteiger partial charge in [0.25, 0.3) is 0 Å². The molecule has 0 saturated heterocycles. The van der Waals surface area contributed by atoms with Crippen LogP contribution in [0.15, 0.2) is 36.4 Å². The van der Waals surface area contributed by atoms with Crippen molar-refractivity contribution < 1.29 is 0 Å². The van der Waals surface area contributed by atoms with Crippen molar-refractivity contribution in [1.82, 2.24) is 0 Å². The van der Waals surface area contributed by atoms with Gasteiger partial charge in [-0.05, 0) is 53.6 Å². The summed E-state index contributed by atoms with van der Waals surface area (Å²) >= 11 is 0. The maximum atomic E-state index is 6.49. The van der Waals surface area contributed by atoms with Crippen molar-refractivity contribution in [2.75, 3.05) is 11.5 Å². The molecule has 0 aliphatic rings. The largest absolute Gasteiger partial charge is 0.399 e. The molecule has 0 spiro atoms. The number of benzene rings is 2. The van der Waals surface area contributed by atoms with Gasteiger partial charge in [0.05, 0.1) is 0 Å². The lowest BCUT2D eigenvalue weighted by molar-refractivity contribution is 0.617. The Morgan fingerprint density at radius 1 is 0.731 bits per heavy atom. The van der Waals surface area contributed by atoms with Crippen LogP contribution in [-0.4, -0.2) is 0 Å². The monoisotopic (exact) mass is 352 g/mol. The summed E-state index contributed by atoms with van der Waals surface area (Å²) in [6, 6.07) is 13.2. The minimum absolute atomic E-state index is 0.425. The van der Waals surface area contributed by atoms with E-state index in [0.717, 1.165) is 37.1 Å². The molecule has 2 nitrogen and oxygen atoms in total. The van der Waals surface area contributed by atoms with E-state index in [1.807, 2.05) is 12.1 Å². The Hall–Kier alpha value is -1.96. The van der Waals surface area contributed by atoms with Crippen LogP contribution < -0.4 is 11.5 Å². The molecule has 0 aromatic heterocycles. The van der Waals surface area contributed by atoms with E-state index in [0.29, 0.717) is 5.92 Å². The third-order valence-corrected chi connectivity index (χ3v) is 5.25. The van der Waals surface area contributed by atoms with E-state index >= 15 is 0 Å². The number of hydrogen-bond acceptors (Lipinski definition) is 2. The Balaban J connectivity index is 2.45. The Labute approximate surface area is 160 Å². The van der Waals surface area contributed by atoms with Crippen LogP contribution in [0.1, 0.15) is 87.5 Å². The highest BCUT2D eigenvalue weighted by Gasteiger charge is 2.17. The van der Waals surface area contributed by atoms with Crippen LogP contribution in [0.3, 0.4) is 0 Å². The molecule has 0 amide bonds. The number of nitrogens with two attached hydrogens (primary N) is 2. The molecule has 0 heterocycles. The third-order valence-electron chi connectivity index (χ3n) is 5.25. The van der Waals surface area contributed by atoms with Crippen molar-refractivity contribution >= 4 is 11.4 Å². The van der Waals surface area contributed by atoms with Crippen LogP contribution in [0.4, 0.5) is 11.4 Å². The molecule has 2 rings (SSSR count). The van der Waals surface area contributed by atoms with Gasteiger partial charge in [0.15, 0.2) is 0 Å². The summed E-state index contributed by atoms with van der Waals surface area (Å²) in [5.74, 6) is 0.425. The fraction of sp³-hybridized carbons (Fsp3) is 0.500. The molecule has 2 heteroatoms. The van der Waals surface area contributed by atoms with E-state index in [1.165, 1.54) is 47.9 Å². The smallest absolute Gasteiger partial charge is 0.0379 e. The first-order valence-electron chi connectivity index (χ1n) is 10.4. The van der Waals surface area contributed by atoms with Gasteiger partial charge >= 0.3 is 0 Å². The van der Waals surface area contributed by atoms with Gasteiger partial charge in [-0.25, -0.2) is 0 Å². The number of anilines is 2. The highest BCUT2D eigenvalue weighted by Crippen LogP contribution is 2.34. The zero-order valence-electron chi connectivity index (χ0n) is 16.9. The molecule has 1 atom stereocenters. The van der Waals surface area contributed by atoms with Crippen molar-refractivity contribution in [2.24, 2.45) is 0 Å². The summed E-state index contributed by atoms with van der Waals surface area (Å²) in [5, 5.41) is 0. The molecule has 26 heavy (non-hydrogen) atoms. The number of hydrogen-bond donors (Lipinski definition) is 2. The normalized spacial score (nSPS) is 12.3. The molecule has 2 aromatic carbocycles. The molecule has 0 saturated carbocycles. The van der Waals surface area contributed by atoms with Gasteiger partial charge in [0.1, 0.15) is 0 Å². The van der Waals surface area contributed by atoms with E-state index < -0.39 is 0 Å². The van der Waals surface area contributed by atoms with Gasteiger partial charge in [0.2, 0.25) is 0 Å². The molecule has 1 unspecified atom stereocenters. The maximum absolute atomic E-state index is 6.49. The molecule has 0 aliphatic carbocycles. The van der Waals surface area contributed by atoms with Crippen LogP contribution in [0.25, 0.3) is 0 Å². The van der Waals surface area contributed by atoms with Gasteiger partial charge in [-0.1, -0.05) is 77.1 Å². The highest BCUT2D eigenvalue weighted by molar-refractivity contribution is 5.57. The van der Waals surface area contributed by atoms with Gasteiger partial charge in [-0.2, -0.15) is 0 Å². The lowest BCUT2D eigenvalue weighted by Crippen LogP contribution is -2.07. The van der Waals surface area contributed by atoms with Crippen LogP contribution in [-0.2, 0) is 12.8 Å². The predicted molar refractivity (Wildman–Crippen MR) is 116 cm³/mol. The number of aryl methyl sites for hydroxylation is 2. The topological polar surface area (TPSA) is 52.0 Å². The number of nitrogen functional groups attached to an aromatic ring is 2. The summed E-state index contributed by atoms with van der Waals surface area (Å²) in [4.78, 5) is 0. The second kappa shape index (κ2) is 10.3. The molecule has 2 aromatic rings. The van der Waals surface area contributed by atoms with Gasteiger partial charge in [0, 0.05) is 17.3 Å². The van der Waals surface area contributed by atoms with Crippen molar-refractivity contribution in [1.29, 1.82) is 0 Å². The maximum Gasteiger partial charge on any atom is 0.0379 e. The average molecular weight is 353 g/mol. The minimum Gasteiger partial charge on any atom is -0.399 e. The Kier molecular flexibility index (Phi) is 8.03. The second-order valence-electron chi connectivity index (χ2n) is 7.47. The molecular formula is C24H36N2. The quantitative estimate of drug-likeness (QED) is 0.380. The highest BCUT2D eigenvalue weighted by atomic mass is 14.6. The van der Waals surface area contributed by atoms with Crippen molar-refractivity contribution in [3.63, 3.8) is 0 Å². The third kappa shape index (κ3) is 5.27. The average Bonchev–Trinajstić information content (AvgIpc) is 2.63. The summed E-state index contributed by atoms with van der Waals surface area (Å²) in [6.07, 6.45) is 9.33. The Morgan fingerprint density at radius 2 is 1.31 bits per heavy atom. The van der Waals surface area contributed by atoms with Gasteiger partial charge in [-0.15, -0.1) is 0 Å². The van der Waals surface area contributed by atoms with Crippen molar-refractivity contribution in [2.45, 2.75) is 78.1 Å². The van der Waals surface area contributed by atoms with Gasteiger partial charge in [-0.3, -0.25) is 0 Å². The van der Waals surface area contributed by atoms with Crippen LogP contribution in [0.5, 0.6) is 0 Å². The summed E-state index contributed by atoms with van der Waals surface area (Å²) in [6.45, 7) is 6.72. The Bertz CT molecular complexity index is 646. The summed E-state index contributed by atoms with van der Waals surface area (Å²) in [7, 11) is 0. The van der Waals surface area contributed by atoms with E-state index in [9.17, 15) is 0 Å². The second-order valence-corrected chi connectivity index (χ2v) is 7.47. The van der Waals surface area contributed by atoms with Crippen LogP contribution >= 0.6 is 0 Å². The van der Waals surface area contributed by atoms with Crippen molar-refractivity contribution in [3.8, 4) is 0 Å². The zero-order valence-corrected chi connectivity index (χ0v) is 16.9. The molecule has 0 bridgehead atoms. The van der Waals surface area contributed by atoms with Gasteiger partial charge < -0.3 is 11.5 Å². The zero-order chi connectivity index (χ0) is 18.9. The fourth-order valence-electron chi connectivity index (χ4n) is 3.81. The fourth-order valence-corrected chi connectivity index (χ4v) is 3.81. The van der Waals surface area contributed by atoms with E-state index in [-0.39, 0.29) is 0 Å². The first-order chi connectivity index (χ1) is 12.6. The van der Waals surface area contributed by atoms with E-state index in [4.69, 9.17) is 11.5 Å². The number of unbranched alkanes of at least 4 members (excludes halogenated alkanes) is 2. The summed E-state index contributed by atoms with van der Waals surface area (Å²) < 4.78 is 0. The molecule has 142 valence electrons. The SMILES string of the molecule is CCCCCC(c1ccc(N)cc1)c1cc(CCC)c(N)c(CCC)c1. The Morgan fingerprint density at radius 3 is 1.81 bits per heavy atom. The molecule has 0 fully saturated rings. The first-order valence-corrected chi connectivity index (χ1v) is 10.4. The lowest BCUT2D eigenvalue weighted by atomic mass is 9.83. The van der Waals surface area contributed by atoms with Crippen molar-refractivity contribution in [3.05, 3.63) is 58.7 Å². The first kappa shape index (κ1) is 20.4. The molecule has 0 radical (unpaired) electrons. The van der Waals surface area contributed by atoms with E-state index in [1.54, 1.807) is 0 Å². The van der Waals surface area contributed by atoms with E-state index in [2.05, 4.69) is 45.0 Å². The van der Waals surface area contributed by atoms with Crippen LogP contribution in [0.2, 0.25) is 0 Å². The standard InChI is InChI=1S/C24H36N2/c1-4-7-8-11-23(18-12-14-22(25)15-13-18)21-16-19(9-5-2)24(26)20(17-21)10-6-3/h12-17,23H,4-11,25-26H2,1-3H3. The molecule has 4 N–H and O–H groups in total. The number of rotatable bonds is 10. The summed E-state index contributed by atoms with van der Waals surface area (Å²) in [5.41, 5.74) is 19.7. The molecule has 0 aliphatic heterocycles. The van der Waals surface area contributed by atoms with Crippen LogP contribution in [0, 0.1) is 0 Å². The minimum atomic E-state index is 0.425. The lowest BCUT2D eigenvalue weighted by Gasteiger charge is -2.22.